The van der Waals surface area contributed by atoms with Crippen LogP contribution in [0.5, 0.6) is 5.75 Å². The summed E-state index contributed by atoms with van der Waals surface area (Å²) in [6, 6.07) is 13.9. The molecule has 0 spiro atoms. The Bertz CT molecular complexity index is 1000. The molecule has 1 aromatic carbocycles. The maximum absolute atomic E-state index is 12.7. The number of amides is 2. The Balaban J connectivity index is 1.45. The minimum absolute atomic E-state index is 0.00231. The van der Waals surface area contributed by atoms with Crippen LogP contribution in [0, 0.1) is 0 Å². The smallest absolute Gasteiger partial charge is 0.274 e. The second-order valence-electron chi connectivity index (χ2n) is 6.40. The first kappa shape index (κ1) is 17.7. The van der Waals surface area contributed by atoms with E-state index in [1.54, 1.807) is 31.4 Å². The van der Waals surface area contributed by atoms with Crippen molar-refractivity contribution in [3.63, 3.8) is 0 Å². The third-order valence-electron chi connectivity index (χ3n) is 4.42. The number of likely N-dealkylation sites (N-methyl/N-ethyl adjacent to an activating group) is 1. The van der Waals surface area contributed by atoms with Gasteiger partial charge >= 0.3 is 0 Å². The minimum atomic E-state index is -0.860. The molecule has 1 N–H and O–H groups in total. The normalized spacial score (nSPS) is 16.1. The quantitative estimate of drug-likeness (QED) is 0.744. The lowest BCUT2D eigenvalue weighted by molar-refractivity contribution is -0.120. The van der Waals surface area contributed by atoms with Gasteiger partial charge in [0.15, 0.2) is 17.3 Å². The van der Waals surface area contributed by atoms with Crippen LogP contribution >= 0.6 is 0 Å². The molecule has 142 valence electrons. The largest absolute Gasteiger partial charge is 0.487 e. The van der Waals surface area contributed by atoms with Crippen LogP contribution < -0.4 is 15.0 Å². The van der Waals surface area contributed by atoms with Gasteiger partial charge in [-0.15, -0.1) is 0 Å². The van der Waals surface area contributed by atoms with Gasteiger partial charge in [-0.1, -0.05) is 35.5 Å². The molecule has 8 heteroatoms. The Labute approximate surface area is 161 Å². The zero-order valence-electron chi connectivity index (χ0n) is 15.2. The number of benzene rings is 1. The van der Waals surface area contributed by atoms with Crippen LogP contribution in [0.15, 0.2) is 59.3 Å². The van der Waals surface area contributed by atoms with Crippen molar-refractivity contribution in [3.8, 4) is 5.75 Å². The number of anilines is 1. The number of pyridine rings is 1. The standard InChI is InChI=1S/C20H18N4O4/c1-24-18-17(8-5-9-21-18)27-12-16(20(24)26)22-19(25)15-11-14(28-23-15)10-13-6-3-2-4-7-13/h2-9,11,16H,10,12H2,1H3,(H,22,25)/t16-/m0/s1. The van der Waals surface area contributed by atoms with E-state index in [0.29, 0.717) is 23.7 Å². The number of hydrogen-bond acceptors (Lipinski definition) is 6. The van der Waals surface area contributed by atoms with E-state index in [1.165, 1.54) is 4.90 Å². The molecule has 0 aliphatic carbocycles. The molecule has 28 heavy (non-hydrogen) atoms. The molecule has 1 aliphatic rings. The number of hydrogen-bond donors (Lipinski definition) is 1. The third kappa shape index (κ3) is 3.57. The Morgan fingerprint density at radius 2 is 2.07 bits per heavy atom. The van der Waals surface area contributed by atoms with Crippen molar-refractivity contribution in [1.29, 1.82) is 0 Å². The second-order valence-corrected chi connectivity index (χ2v) is 6.40. The van der Waals surface area contributed by atoms with Gasteiger partial charge in [-0.25, -0.2) is 4.98 Å². The molecule has 1 aliphatic heterocycles. The first-order chi connectivity index (χ1) is 13.6. The molecule has 1 atom stereocenters. The van der Waals surface area contributed by atoms with Gasteiger partial charge in [0.1, 0.15) is 18.4 Å². The fourth-order valence-electron chi connectivity index (χ4n) is 2.97. The summed E-state index contributed by atoms with van der Waals surface area (Å²) in [6.45, 7) is 0.00231. The predicted octanol–water partition coefficient (Wildman–Crippen LogP) is 1.81. The summed E-state index contributed by atoms with van der Waals surface area (Å²) in [4.78, 5) is 30.7. The van der Waals surface area contributed by atoms with Gasteiger partial charge in [0.25, 0.3) is 11.8 Å². The number of aromatic nitrogens is 2. The van der Waals surface area contributed by atoms with E-state index in [4.69, 9.17) is 9.26 Å². The lowest BCUT2D eigenvalue weighted by Crippen LogP contribution is -2.49. The van der Waals surface area contributed by atoms with Crippen molar-refractivity contribution >= 4 is 17.6 Å². The highest BCUT2D eigenvalue weighted by atomic mass is 16.5. The summed E-state index contributed by atoms with van der Waals surface area (Å²) >= 11 is 0. The average Bonchev–Trinajstić information content (AvgIpc) is 3.15. The molecule has 0 bridgehead atoms. The molecular weight excluding hydrogens is 360 g/mol. The summed E-state index contributed by atoms with van der Waals surface area (Å²) in [5.41, 5.74) is 1.16. The Kier molecular flexibility index (Phi) is 4.76. The number of carbonyl (C=O) groups is 2. The fourth-order valence-corrected chi connectivity index (χ4v) is 2.97. The van der Waals surface area contributed by atoms with Crippen molar-refractivity contribution in [1.82, 2.24) is 15.5 Å². The Morgan fingerprint density at radius 1 is 1.25 bits per heavy atom. The lowest BCUT2D eigenvalue weighted by atomic mass is 10.1. The molecule has 4 rings (SSSR count). The van der Waals surface area contributed by atoms with E-state index >= 15 is 0 Å². The van der Waals surface area contributed by atoms with Gasteiger partial charge in [-0.3, -0.25) is 14.5 Å². The molecule has 0 radical (unpaired) electrons. The summed E-state index contributed by atoms with van der Waals surface area (Å²) < 4.78 is 10.9. The van der Waals surface area contributed by atoms with E-state index in [-0.39, 0.29) is 18.2 Å². The first-order valence-electron chi connectivity index (χ1n) is 8.77. The van der Waals surface area contributed by atoms with Gasteiger partial charge in [-0.2, -0.15) is 0 Å². The monoisotopic (exact) mass is 378 g/mol. The molecule has 2 aromatic heterocycles. The van der Waals surface area contributed by atoms with Crippen LogP contribution in [-0.2, 0) is 11.2 Å². The highest BCUT2D eigenvalue weighted by molar-refractivity contribution is 6.02. The van der Waals surface area contributed by atoms with E-state index in [9.17, 15) is 9.59 Å². The number of rotatable bonds is 4. The molecule has 3 aromatic rings. The van der Waals surface area contributed by atoms with Crippen LogP contribution in [0.4, 0.5) is 5.82 Å². The maximum Gasteiger partial charge on any atom is 0.274 e. The average molecular weight is 378 g/mol. The van der Waals surface area contributed by atoms with E-state index in [0.717, 1.165) is 5.56 Å². The summed E-state index contributed by atoms with van der Waals surface area (Å²) in [7, 11) is 1.59. The van der Waals surface area contributed by atoms with Gasteiger partial charge in [0.2, 0.25) is 0 Å². The first-order valence-corrected chi connectivity index (χ1v) is 8.77. The minimum Gasteiger partial charge on any atom is -0.487 e. The lowest BCUT2D eigenvalue weighted by Gasteiger charge is -2.19. The number of nitrogens with one attached hydrogen (secondary N) is 1. The molecule has 0 saturated carbocycles. The van der Waals surface area contributed by atoms with Crippen molar-refractivity contribution in [3.05, 3.63) is 71.7 Å². The topological polar surface area (TPSA) is 97.6 Å². The molecule has 2 amide bonds. The highest BCUT2D eigenvalue weighted by Crippen LogP contribution is 2.27. The highest BCUT2D eigenvalue weighted by Gasteiger charge is 2.32. The van der Waals surface area contributed by atoms with E-state index in [2.05, 4.69) is 15.5 Å². The molecule has 3 heterocycles. The van der Waals surface area contributed by atoms with Crippen LogP contribution in [0.25, 0.3) is 0 Å². The summed E-state index contributed by atoms with van der Waals surface area (Å²) in [5.74, 6) is 0.641. The predicted molar refractivity (Wildman–Crippen MR) is 100 cm³/mol. The molecular formula is C20H18N4O4. The van der Waals surface area contributed by atoms with Crippen molar-refractivity contribution in [2.24, 2.45) is 0 Å². The zero-order chi connectivity index (χ0) is 19.5. The Morgan fingerprint density at radius 3 is 2.89 bits per heavy atom. The van der Waals surface area contributed by atoms with Crippen molar-refractivity contribution in [2.75, 3.05) is 18.6 Å². The van der Waals surface area contributed by atoms with E-state index in [1.807, 2.05) is 30.3 Å². The van der Waals surface area contributed by atoms with Crippen LogP contribution in [0.3, 0.4) is 0 Å². The van der Waals surface area contributed by atoms with Gasteiger partial charge in [0, 0.05) is 25.7 Å². The fraction of sp³-hybridized carbons (Fsp3) is 0.200. The van der Waals surface area contributed by atoms with Gasteiger partial charge < -0.3 is 14.6 Å². The molecule has 0 unspecified atom stereocenters. The summed E-state index contributed by atoms with van der Waals surface area (Å²) in [6.07, 6.45) is 2.10. The van der Waals surface area contributed by atoms with Crippen LogP contribution in [0.1, 0.15) is 21.8 Å². The van der Waals surface area contributed by atoms with Gasteiger partial charge in [-0.05, 0) is 17.7 Å². The molecule has 0 fully saturated rings. The van der Waals surface area contributed by atoms with Crippen molar-refractivity contribution in [2.45, 2.75) is 12.5 Å². The number of nitrogens with zero attached hydrogens (tertiary/aromatic N) is 3. The summed E-state index contributed by atoms with van der Waals surface area (Å²) in [5, 5.41) is 6.48. The Hall–Kier alpha value is -3.68. The van der Waals surface area contributed by atoms with Crippen LogP contribution in [0.2, 0.25) is 0 Å². The molecule has 8 nitrogen and oxygen atoms in total. The third-order valence-corrected chi connectivity index (χ3v) is 4.42. The number of fused-ring (bicyclic) bond motifs is 1. The van der Waals surface area contributed by atoms with E-state index < -0.39 is 11.9 Å². The van der Waals surface area contributed by atoms with Crippen LogP contribution in [-0.4, -0.2) is 41.7 Å². The SMILES string of the molecule is CN1C(=O)[C@@H](NC(=O)c2cc(Cc3ccccc3)on2)COc2cccnc21. The second kappa shape index (κ2) is 7.51. The zero-order valence-corrected chi connectivity index (χ0v) is 15.2. The number of ether oxygens (including phenoxy) is 1. The number of carbonyl (C=O) groups excluding carboxylic acids is 2. The van der Waals surface area contributed by atoms with Gasteiger partial charge in [0.05, 0.1) is 0 Å². The molecule has 0 saturated heterocycles. The maximum atomic E-state index is 12.7. The van der Waals surface area contributed by atoms with Crippen molar-refractivity contribution < 1.29 is 18.8 Å².